The van der Waals surface area contributed by atoms with E-state index in [2.05, 4.69) is 20.5 Å². The van der Waals surface area contributed by atoms with Crippen LogP contribution in [0.3, 0.4) is 0 Å². The average molecular weight is 786 g/mol. The van der Waals surface area contributed by atoms with Crippen molar-refractivity contribution in [1.29, 1.82) is 0 Å². The molecule has 55 heavy (non-hydrogen) atoms. The van der Waals surface area contributed by atoms with Crippen molar-refractivity contribution in [2.75, 3.05) is 33.9 Å². The Morgan fingerprint density at radius 2 is 1.80 bits per heavy atom. The van der Waals surface area contributed by atoms with E-state index in [1.54, 1.807) is 31.5 Å². The molecule has 4 aromatic heterocycles. The van der Waals surface area contributed by atoms with Crippen LogP contribution in [0.25, 0.3) is 39.3 Å². The van der Waals surface area contributed by atoms with Gasteiger partial charge in [0.05, 0.1) is 53.4 Å². The lowest BCUT2D eigenvalue weighted by Gasteiger charge is -2.47. The topological polar surface area (TPSA) is 164 Å². The van der Waals surface area contributed by atoms with Gasteiger partial charge in [0.15, 0.2) is 11.4 Å². The summed E-state index contributed by atoms with van der Waals surface area (Å²) in [5, 5.41) is 16.6. The zero-order chi connectivity index (χ0) is 38.4. The van der Waals surface area contributed by atoms with Gasteiger partial charge in [-0.1, -0.05) is 41.4 Å². The third kappa shape index (κ3) is 7.12. The number of carbonyl (C=O) groups is 3. The molecule has 284 valence electrons. The van der Waals surface area contributed by atoms with Gasteiger partial charge in [-0.3, -0.25) is 19.5 Å². The van der Waals surface area contributed by atoms with Crippen molar-refractivity contribution in [3.63, 3.8) is 0 Å². The lowest BCUT2D eigenvalue weighted by atomic mass is 9.88. The highest BCUT2D eigenvalue weighted by atomic mass is 35.5. The van der Waals surface area contributed by atoms with Crippen LogP contribution in [0.2, 0.25) is 10.0 Å². The fourth-order valence-electron chi connectivity index (χ4n) is 7.84. The van der Waals surface area contributed by atoms with Crippen LogP contribution in [0.4, 0.5) is 4.79 Å². The van der Waals surface area contributed by atoms with E-state index in [-0.39, 0.29) is 42.4 Å². The predicted molar refractivity (Wildman–Crippen MR) is 205 cm³/mol. The zero-order valence-corrected chi connectivity index (χ0v) is 31.7. The second-order valence-corrected chi connectivity index (χ2v) is 15.0. The van der Waals surface area contributed by atoms with Gasteiger partial charge in [0.2, 0.25) is 17.7 Å². The first-order valence-electron chi connectivity index (χ1n) is 17.9. The van der Waals surface area contributed by atoms with Crippen LogP contribution in [0.1, 0.15) is 36.9 Å². The number of rotatable bonds is 11. The van der Waals surface area contributed by atoms with Crippen molar-refractivity contribution in [3.8, 4) is 45.3 Å². The molecular formula is C39H38Cl2N8O6. The summed E-state index contributed by atoms with van der Waals surface area (Å²) in [5.41, 5.74) is 5.73. The Balaban J connectivity index is 1.05. The van der Waals surface area contributed by atoms with Gasteiger partial charge >= 0.3 is 6.09 Å². The number of nitrogens with one attached hydrogen (secondary N) is 2. The summed E-state index contributed by atoms with van der Waals surface area (Å²) < 4.78 is 13.3. The number of amides is 3. The second kappa shape index (κ2) is 14.7. The zero-order valence-electron chi connectivity index (χ0n) is 30.1. The van der Waals surface area contributed by atoms with Crippen LogP contribution in [-0.2, 0) is 22.7 Å². The van der Waals surface area contributed by atoms with Crippen LogP contribution in [0.5, 0.6) is 11.6 Å². The third-order valence-electron chi connectivity index (χ3n) is 10.5. The molecule has 0 bridgehead atoms. The molecule has 1 aromatic carbocycles. The van der Waals surface area contributed by atoms with Crippen LogP contribution in [0.15, 0.2) is 61.1 Å². The number of hydrogen-bond acceptors (Lipinski definition) is 9. The summed E-state index contributed by atoms with van der Waals surface area (Å²) >= 11 is 14.3. The van der Waals surface area contributed by atoms with E-state index >= 15 is 0 Å². The maximum absolute atomic E-state index is 12.1. The highest BCUT2D eigenvalue weighted by Crippen LogP contribution is 2.42. The molecule has 0 saturated carbocycles. The number of carbonyl (C=O) groups excluding carboxylic acids is 2. The average Bonchev–Trinajstić information content (AvgIpc) is 3.89. The monoisotopic (exact) mass is 784 g/mol. The molecule has 16 heteroatoms. The number of benzene rings is 1. The largest absolute Gasteiger partial charge is 0.493 e. The molecule has 8 rings (SSSR count). The fourth-order valence-corrected chi connectivity index (χ4v) is 8.49. The summed E-state index contributed by atoms with van der Waals surface area (Å²) in [6.07, 6.45) is 6.87. The minimum atomic E-state index is -1.11. The Morgan fingerprint density at radius 1 is 1.00 bits per heavy atom. The molecule has 3 N–H and O–H groups in total. The SMILES string of the molecule is COc1nc(-c2cccc(-c3ccnc(-c4cc(OC)c5nc(CN6CC7(CCC(=O)N7)C6)cn5c4)c3Cl)c2Cl)ccc1CN(C[C@@H]1CCC(=O)N1)C(=O)O. The van der Waals surface area contributed by atoms with Crippen molar-refractivity contribution in [3.05, 3.63) is 82.4 Å². The predicted octanol–water partition coefficient (Wildman–Crippen LogP) is 5.67. The maximum atomic E-state index is 12.1. The maximum Gasteiger partial charge on any atom is 0.407 e. The van der Waals surface area contributed by atoms with Gasteiger partial charge in [-0.25, -0.2) is 14.8 Å². The number of methoxy groups -OCH3 is 2. The van der Waals surface area contributed by atoms with Crippen molar-refractivity contribution in [2.24, 2.45) is 0 Å². The molecule has 0 unspecified atom stereocenters. The van der Waals surface area contributed by atoms with Gasteiger partial charge in [0.1, 0.15) is 0 Å². The number of fused-ring (bicyclic) bond motifs is 1. The molecule has 3 fully saturated rings. The molecule has 3 saturated heterocycles. The van der Waals surface area contributed by atoms with Crippen molar-refractivity contribution in [1.82, 2.24) is 39.8 Å². The highest BCUT2D eigenvalue weighted by molar-refractivity contribution is 6.39. The lowest BCUT2D eigenvalue weighted by Crippen LogP contribution is -2.66. The number of aromatic nitrogens is 4. The number of pyridine rings is 3. The smallest absolute Gasteiger partial charge is 0.407 e. The molecule has 7 heterocycles. The standard InChI is InChI=1S/C39H38Cl2N8O6/c1-54-30-14-23(16-48-19-25(44-36(30)48)17-47-20-39(21-47)12-10-32(51)46-39)35-34(41)27(11-13-42-35)26-4-3-5-28(33(26)40)29-8-6-22(37(45-29)55-2)15-49(38(52)53)18-24-7-9-31(50)43-24/h3-6,8,11,13-14,16,19,24H,7,9-10,12,15,17-18,20-21H2,1-2H3,(H,43,50)(H,46,51)(H,52,53)/t24-/m0/s1. The summed E-state index contributed by atoms with van der Waals surface area (Å²) in [4.78, 5) is 53.3. The van der Waals surface area contributed by atoms with E-state index < -0.39 is 6.09 Å². The molecule has 5 aromatic rings. The van der Waals surface area contributed by atoms with Gasteiger partial charge in [-0.15, -0.1) is 0 Å². The van der Waals surface area contributed by atoms with E-state index in [0.717, 1.165) is 30.8 Å². The first kappa shape index (κ1) is 36.5. The normalized spacial score (nSPS) is 17.6. The van der Waals surface area contributed by atoms with Crippen molar-refractivity contribution >= 4 is 46.8 Å². The quantitative estimate of drug-likeness (QED) is 0.152. The summed E-state index contributed by atoms with van der Waals surface area (Å²) in [7, 11) is 3.07. The number of likely N-dealkylation sites (tertiary alicyclic amines) is 1. The fraction of sp³-hybridized carbons (Fsp3) is 0.333. The number of halogens is 2. The highest BCUT2D eigenvalue weighted by Gasteiger charge is 2.47. The Labute approximate surface area is 326 Å². The molecule has 1 atom stereocenters. The van der Waals surface area contributed by atoms with E-state index in [1.165, 1.54) is 12.0 Å². The van der Waals surface area contributed by atoms with Crippen LogP contribution in [0, 0.1) is 0 Å². The Hall–Kier alpha value is -5.44. The van der Waals surface area contributed by atoms with Gasteiger partial charge in [0, 0.05) is 91.5 Å². The van der Waals surface area contributed by atoms with E-state index in [0.29, 0.717) is 80.9 Å². The molecular weight excluding hydrogens is 747 g/mol. The summed E-state index contributed by atoms with van der Waals surface area (Å²) in [5.74, 6) is 0.863. The van der Waals surface area contributed by atoms with Gasteiger partial charge in [-0.2, -0.15) is 0 Å². The van der Waals surface area contributed by atoms with Gasteiger partial charge in [0.25, 0.3) is 0 Å². The molecule has 0 aliphatic carbocycles. The Kier molecular flexibility index (Phi) is 9.74. The summed E-state index contributed by atoms with van der Waals surface area (Å²) in [6, 6.07) is 12.5. The number of nitrogens with zero attached hydrogens (tertiary/aromatic N) is 6. The molecule has 3 amide bonds. The van der Waals surface area contributed by atoms with Crippen LogP contribution >= 0.6 is 23.2 Å². The third-order valence-corrected chi connectivity index (χ3v) is 11.3. The van der Waals surface area contributed by atoms with Gasteiger partial charge < -0.3 is 34.5 Å². The molecule has 1 spiro atoms. The van der Waals surface area contributed by atoms with E-state index in [9.17, 15) is 19.5 Å². The first-order chi connectivity index (χ1) is 26.5. The number of imidazole rings is 1. The number of hydrogen-bond donors (Lipinski definition) is 3. The van der Waals surface area contributed by atoms with Crippen molar-refractivity contribution in [2.45, 2.75) is 50.4 Å². The molecule has 0 radical (unpaired) electrons. The minimum absolute atomic E-state index is 0.0260. The Morgan fingerprint density at radius 3 is 2.51 bits per heavy atom. The van der Waals surface area contributed by atoms with Crippen LogP contribution in [-0.4, -0.2) is 97.6 Å². The van der Waals surface area contributed by atoms with Crippen LogP contribution < -0.4 is 20.1 Å². The number of carboxylic acid groups (broad SMARTS) is 1. The Bertz CT molecular complexity index is 2350. The first-order valence-corrected chi connectivity index (χ1v) is 18.6. The lowest BCUT2D eigenvalue weighted by molar-refractivity contribution is -0.121. The number of ether oxygens (including phenoxy) is 2. The van der Waals surface area contributed by atoms with Crippen molar-refractivity contribution < 1.29 is 29.0 Å². The second-order valence-electron chi connectivity index (χ2n) is 14.3. The molecule has 14 nitrogen and oxygen atoms in total. The molecule has 3 aliphatic heterocycles. The van der Waals surface area contributed by atoms with Gasteiger partial charge in [-0.05, 0) is 37.1 Å². The van der Waals surface area contributed by atoms with E-state index in [1.807, 2.05) is 41.1 Å². The minimum Gasteiger partial charge on any atom is -0.493 e. The molecule has 3 aliphatic rings. The summed E-state index contributed by atoms with van der Waals surface area (Å²) in [6.45, 7) is 2.43. The van der Waals surface area contributed by atoms with E-state index in [4.69, 9.17) is 42.6 Å².